The second kappa shape index (κ2) is 9.51. The van der Waals surface area contributed by atoms with Crippen LogP contribution in [0, 0.1) is 5.82 Å². The van der Waals surface area contributed by atoms with Crippen LogP contribution in [0.2, 0.25) is 0 Å². The molecule has 0 saturated heterocycles. The summed E-state index contributed by atoms with van der Waals surface area (Å²) in [6.07, 6.45) is 8.71. The van der Waals surface area contributed by atoms with Gasteiger partial charge in [0.25, 0.3) is 0 Å². The van der Waals surface area contributed by atoms with Crippen LogP contribution in [-0.4, -0.2) is 11.1 Å². The topological polar surface area (TPSA) is 37.3 Å². The highest BCUT2D eigenvalue weighted by Crippen LogP contribution is 2.24. The maximum atomic E-state index is 13.2. The van der Waals surface area contributed by atoms with E-state index in [1.54, 1.807) is 12.1 Å². The van der Waals surface area contributed by atoms with E-state index >= 15 is 0 Å². The molecule has 112 valence electrons. The molecule has 0 heterocycles. The van der Waals surface area contributed by atoms with Gasteiger partial charge in [0.05, 0.1) is 5.92 Å². The van der Waals surface area contributed by atoms with Crippen molar-refractivity contribution in [2.24, 2.45) is 0 Å². The first-order chi connectivity index (χ1) is 9.65. The lowest BCUT2D eigenvalue weighted by Gasteiger charge is -2.12. The first-order valence-electron chi connectivity index (χ1n) is 7.63. The standard InChI is InChI=1S/C17H25FO2/c1-2-3-4-5-6-7-8-12-16(17(19)20)14-10-9-11-15(18)13-14/h9-11,13,16H,2-8,12H2,1H3,(H,19,20). The average molecular weight is 280 g/mol. The average Bonchev–Trinajstić information content (AvgIpc) is 2.41. The number of aliphatic carboxylic acids is 1. The fourth-order valence-electron chi connectivity index (χ4n) is 2.46. The molecule has 0 fully saturated rings. The zero-order chi connectivity index (χ0) is 14.8. The Morgan fingerprint density at radius 1 is 1.15 bits per heavy atom. The molecule has 1 rings (SSSR count). The van der Waals surface area contributed by atoms with Crippen LogP contribution >= 0.6 is 0 Å². The van der Waals surface area contributed by atoms with E-state index in [1.165, 1.54) is 37.8 Å². The summed E-state index contributed by atoms with van der Waals surface area (Å²) in [7, 11) is 0. The molecule has 0 amide bonds. The maximum Gasteiger partial charge on any atom is 0.310 e. The molecule has 3 heteroatoms. The Labute approximate surface area is 121 Å². The number of rotatable bonds is 10. The zero-order valence-electron chi connectivity index (χ0n) is 12.3. The van der Waals surface area contributed by atoms with Gasteiger partial charge in [-0.05, 0) is 24.1 Å². The summed E-state index contributed by atoms with van der Waals surface area (Å²) in [6, 6.07) is 5.95. The van der Waals surface area contributed by atoms with Gasteiger partial charge in [0.2, 0.25) is 0 Å². The van der Waals surface area contributed by atoms with Crippen molar-refractivity contribution in [3.8, 4) is 0 Å². The highest BCUT2D eigenvalue weighted by molar-refractivity contribution is 5.75. The minimum Gasteiger partial charge on any atom is -0.481 e. The molecule has 1 unspecified atom stereocenters. The van der Waals surface area contributed by atoms with Crippen LogP contribution in [0.5, 0.6) is 0 Å². The summed E-state index contributed by atoms with van der Waals surface area (Å²) >= 11 is 0. The normalized spacial score (nSPS) is 12.3. The Kier molecular flexibility index (Phi) is 7.93. The third-order valence-electron chi connectivity index (χ3n) is 3.65. The van der Waals surface area contributed by atoms with E-state index in [4.69, 9.17) is 0 Å². The van der Waals surface area contributed by atoms with Gasteiger partial charge in [0.15, 0.2) is 0 Å². The minimum absolute atomic E-state index is 0.367. The predicted molar refractivity (Wildman–Crippen MR) is 79.4 cm³/mol. The van der Waals surface area contributed by atoms with Gasteiger partial charge < -0.3 is 5.11 Å². The molecule has 1 atom stereocenters. The van der Waals surface area contributed by atoms with E-state index in [9.17, 15) is 14.3 Å². The Bertz CT molecular complexity index is 404. The van der Waals surface area contributed by atoms with Gasteiger partial charge in [-0.3, -0.25) is 4.79 Å². The van der Waals surface area contributed by atoms with Crippen LogP contribution in [0.25, 0.3) is 0 Å². The monoisotopic (exact) mass is 280 g/mol. The molecule has 1 N–H and O–H groups in total. The molecule has 0 bridgehead atoms. The molecular formula is C17H25FO2. The summed E-state index contributed by atoms with van der Waals surface area (Å²) in [5.74, 6) is -1.81. The first kappa shape index (κ1) is 16.7. The number of benzene rings is 1. The van der Waals surface area contributed by atoms with Crippen molar-refractivity contribution < 1.29 is 14.3 Å². The zero-order valence-corrected chi connectivity index (χ0v) is 12.3. The van der Waals surface area contributed by atoms with Gasteiger partial charge >= 0.3 is 5.97 Å². The maximum absolute atomic E-state index is 13.2. The quantitative estimate of drug-likeness (QED) is 0.603. The van der Waals surface area contributed by atoms with Crippen LogP contribution in [-0.2, 0) is 4.79 Å². The largest absolute Gasteiger partial charge is 0.481 e. The molecule has 0 aliphatic heterocycles. The smallest absolute Gasteiger partial charge is 0.310 e. The third kappa shape index (κ3) is 6.18. The Balaban J connectivity index is 2.35. The molecule has 0 radical (unpaired) electrons. The molecule has 0 aliphatic carbocycles. The van der Waals surface area contributed by atoms with Crippen molar-refractivity contribution in [3.05, 3.63) is 35.6 Å². The highest BCUT2D eigenvalue weighted by atomic mass is 19.1. The number of hydrogen-bond acceptors (Lipinski definition) is 1. The van der Waals surface area contributed by atoms with Crippen molar-refractivity contribution in [1.29, 1.82) is 0 Å². The van der Waals surface area contributed by atoms with Crippen LogP contribution in [0.1, 0.15) is 69.8 Å². The molecule has 2 nitrogen and oxygen atoms in total. The lowest BCUT2D eigenvalue weighted by Crippen LogP contribution is -2.11. The highest BCUT2D eigenvalue weighted by Gasteiger charge is 2.19. The number of hydrogen-bond donors (Lipinski definition) is 1. The summed E-state index contributed by atoms with van der Waals surface area (Å²) < 4.78 is 13.2. The summed E-state index contributed by atoms with van der Waals surface area (Å²) in [5.41, 5.74) is 0.573. The van der Waals surface area contributed by atoms with Gasteiger partial charge in [0, 0.05) is 0 Å². The Morgan fingerprint density at radius 2 is 1.80 bits per heavy atom. The molecule has 0 aromatic heterocycles. The lowest BCUT2D eigenvalue weighted by atomic mass is 9.93. The number of carbonyl (C=O) groups is 1. The summed E-state index contributed by atoms with van der Waals surface area (Å²) in [5, 5.41) is 9.27. The molecular weight excluding hydrogens is 255 g/mol. The number of carboxylic acid groups (broad SMARTS) is 1. The van der Waals surface area contributed by atoms with Gasteiger partial charge in [-0.15, -0.1) is 0 Å². The van der Waals surface area contributed by atoms with Crippen molar-refractivity contribution in [2.45, 2.75) is 64.2 Å². The van der Waals surface area contributed by atoms with E-state index < -0.39 is 11.9 Å². The van der Waals surface area contributed by atoms with Gasteiger partial charge in [-0.1, -0.05) is 64.0 Å². The van der Waals surface area contributed by atoms with Gasteiger partial charge in [-0.25, -0.2) is 4.39 Å². The van der Waals surface area contributed by atoms with Crippen molar-refractivity contribution in [2.75, 3.05) is 0 Å². The third-order valence-corrected chi connectivity index (χ3v) is 3.65. The van der Waals surface area contributed by atoms with Gasteiger partial charge in [0.1, 0.15) is 5.82 Å². The van der Waals surface area contributed by atoms with Crippen molar-refractivity contribution >= 4 is 5.97 Å². The molecule has 0 spiro atoms. The van der Waals surface area contributed by atoms with Crippen molar-refractivity contribution in [1.82, 2.24) is 0 Å². The number of carboxylic acids is 1. The van der Waals surface area contributed by atoms with E-state index in [1.807, 2.05) is 0 Å². The van der Waals surface area contributed by atoms with Crippen LogP contribution in [0.4, 0.5) is 4.39 Å². The number of unbranched alkanes of at least 4 members (excludes halogenated alkanes) is 6. The fraction of sp³-hybridized carbons (Fsp3) is 0.588. The predicted octanol–water partition coefficient (Wildman–Crippen LogP) is 5.13. The van der Waals surface area contributed by atoms with Crippen LogP contribution < -0.4 is 0 Å². The minimum atomic E-state index is -0.860. The van der Waals surface area contributed by atoms with E-state index in [2.05, 4.69) is 6.92 Å². The fourth-order valence-corrected chi connectivity index (χ4v) is 2.46. The SMILES string of the molecule is CCCCCCCCCC(C(=O)O)c1cccc(F)c1. The second-order valence-corrected chi connectivity index (χ2v) is 5.36. The van der Waals surface area contributed by atoms with Crippen LogP contribution in [0.15, 0.2) is 24.3 Å². The Morgan fingerprint density at radius 3 is 2.40 bits per heavy atom. The molecule has 0 saturated carbocycles. The van der Waals surface area contributed by atoms with Gasteiger partial charge in [-0.2, -0.15) is 0 Å². The number of halogens is 1. The molecule has 20 heavy (non-hydrogen) atoms. The lowest BCUT2D eigenvalue weighted by molar-refractivity contribution is -0.139. The molecule has 1 aromatic rings. The molecule has 0 aliphatic rings. The second-order valence-electron chi connectivity index (χ2n) is 5.36. The van der Waals surface area contributed by atoms with E-state index in [-0.39, 0.29) is 5.82 Å². The summed E-state index contributed by atoms with van der Waals surface area (Å²) in [6.45, 7) is 2.19. The molecule has 1 aromatic carbocycles. The Hall–Kier alpha value is -1.38. The van der Waals surface area contributed by atoms with E-state index in [0.29, 0.717) is 12.0 Å². The van der Waals surface area contributed by atoms with Crippen molar-refractivity contribution in [3.63, 3.8) is 0 Å². The summed E-state index contributed by atoms with van der Waals surface area (Å²) in [4.78, 5) is 11.3. The first-order valence-corrected chi connectivity index (χ1v) is 7.63. The van der Waals surface area contributed by atoms with Crippen LogP contribution in [0.3, 0.4) is 0 Å². The van der Waals surface area contributed by atoms with E-state index in [0.717, 1.165) is 19.3 Å².